The molecule has 4 heteroatoms. The van der Waals surface area contributed by atoms with Crippen molar-refractivity contribution in [3.05, 3.63) is 65.5 Å². The molecule has 0 aromatic heterocycles. The van der Waals surface area contributed by atoms with E-state index < -0.39 is 0 Å². The molecular formula is C18H20FNOS. The van der Waals surface area contributed by atoms with Gasteiger partial charge >= 0.3 is 0 Å². The quantitative estimate of drug-likeness (QED) is 0.751. The Bertz CT molecular complexity index is 657. The third kappa shape index (κ3) is 4.10. The number of rotatable bonds is 5. The predicted octanol–water partition coefficient (Wildman–Crippen LogP) is 4.60. The summed E-state index contributed by atoms with van der Waals surface area (Å²) in [4.78, 5) is 15.2. The molecule has 0 aliphatic carbocycles. The van der Waals surface area contributed by atoms with Gasteiger partial charge in [-0.3, -0.25) is 4.79 Å². The van der Waals surface area contributed by atoms with Crippen LogP contribution in [-0.2, 0) is 6.54 Å². The van der Waals surface area contributed by atoms with E-state index in [0.717, 1.165) is 4.90 Å². The molecule has 116 valence electrons. The molecule has 2 nitrogen and oxygen atoms in total. The number of benzene rings is 2. The van der Waals surface area contributed by atoms with Crippen LogP contribution in [0.4, 0.5) is 4.39 Å². The van der Waals surface area contributed by atoms with Gasteiger partial charge in [-0.25, -0.2) is 4.39 Å². The highest BCUT2D eigenvalue weighted by molar-refractivity contribution is 8.00. The lowest BCUT2D eigenvalue weighted by molar-refractivity contribution is 0.0780. The number of hydrogen-bond donors (Lipinski definition) is 0. The van der Waals surface area contributed by atoms with Gasteiger partial charge in [0, 0.05) is 29.3 Å². The van der Waals surface area contributed by atoms with Gasteiger partial charge in [-0.05, 0) is 18.2 Å². The van der Waals surface area contributed by atoms with E-state index >= 15 is 0 Å². The molecule has 2 rings (SSSR count). The van der Waals surface area contributed by atoms with E-state index in [9.17, 15) is 9.18 Å². The Labute approximate surface area is 135 Å². The van der Waals surface area contributed by atoms with Crippen molar-refractivity contribution in [3.63, 3.8) is 0 Å². The van der Waals surface area contributed by atoms with E-state index in [1.165, 1.54) is 6.07 Å². The first kappa shape index (κ1) is 16.6. The molecule has 22 heavy (non-hydrogen) atoms. The third-order valence-electron chi connectivity index (χ3n) is 3.19. The first-order chi connectivity index (χ1) is 10.5. The Morgan fingerprint density at radius 3 is 2.45 bits per heavy atom. The van der Waals surface area contributed by atoms with Crippen molar-refractivity contribution in [1.82, 2.24) is 4.90 Å². The van der Waals surface area contributed by atoms with Crippen LogP contribution in [0.2, 0.25) is 0 Å². The smallest absolute Gasteiger partial charge is 0.255 e. The maximum atomic E-state index is 13.7. The zero-order valence-electron chi connectivity index (χ0n) is 13.0. The van der Waals surface area contributed by atoms with Gasteiger partial charge in [-0.15, -0.1) is 11.8 Å². The van der Waals surface area contributed by atoms with E-state index in [-0.39, 0.29) is 18.3 Å². The Morgan fingerprint density at radius 2 is 1.77 bits per heavy atom. The zero-order chi connectivity index (χ0) is 16.1. The van der Waals surface area contributed by atoms with Crippen LogP contribution in [0.1, 0.15) is 29.8 Å². The lowest BCUT2D eigenvalue weighted by atomic mass is 10.1. The summed E-state index contributed by atoms with van der Waals surface area (Å²) in [5.41, 5.74) is 1.19. The number of carbonyl (C=O) groups excluding carboxylic acids is 1. The minimum Gasteiger partial charge on any atom is -0.337 e. The van der Waals surface area contributed by atoms with Gasteiger partial charge in [0.15, 0.2) is 0 Å². The maximum absolute atomic E-state index is 13.7. The predicted molar refractivity (Wildman–Crippen MR) is 89.6 cm³/mol. The fourth-order valence-corrected chi connectivity index (χ4v) is 3.11. The first-order valence-electron chi connectivity index (χ1n) is 7.23. The monoisotopic (exact) mass is 317 g/mol. The molecular weight excluding hydrogens is 297 g/mol. The van der Waals surface area contributed by atoms with Gasteiger partial charge in [-0.2, -0.15) is 0 Å². The highest BCUT2D eigenvalue weighted by Gasteiger charge is 2.17. The van der Waals surface area contributed by atoms with Crippen LogP contribution in [0.5, 0.6) is 0 Å². The fraction of sp³-hybridized carbons (Fsp3) is 0.278. The van der Waals surface area contributed by atoms with Crippen molar-refractivity contribution >= 4 is 17.7 Å². The molecule has 0 N–H and O–H groups in total. The summed E-state index contributed by atoms with van der Waals surface area (Å²) in [5.74, 6) is -0.376. The minimum absolute atomic E-state index is 0.0907. The third-order valence-corrected chi connectivity index (χ3v) is 4.27. The summed E-state index contributed by atoms with van der Waals surface area (Å²) in [5, 5.41) is 0.394. The Hall–Kier alpha value is -1.81. The topological polar surface area (TPSA) is 20.3 Å². The van der Waals surface area contributed by atoms with Gasteiger partial charge in [0.05, 0.1) is 5.56 Å². The van der Waals surface area contributed by atoms with Crippen LogP contribution < -0.4 is 0 Å². The fourth-order valence-electron chi connectivity index (χ4n) is 2.16. The average molecular weight is 317 g/mol. The molecule has 1 amide bonds. The summed E-state index contributed by atoms with van der Waals surface area (Å²) >= 11 is 1.66. The molecule has 0 spiro atoms. The van der Waals surface area contributed by atoms with Gasteiger partial charge in [0.2, 0.25) is 0 Å². The molecule has 0 fully saturated rings. The number of thioether (sulfide) groups is 1. The summed E-state index contributed by atoms with van der Waals surface area (Å²) in [6.07, 6.45) is 0. The molecule has 0 aliphatic rings. The van der Waals surface area contributed by atoms with E-state index in [2.05, 4.69) is 13.8 Å². The SMILES string of the molecule is CC(C)Sc1ccccc1C(=O)N(C)Cc1ccccc1F. The molecule has 0 atom stereocenters. The van der Waals surface area contributed by atoms with Crippen molar-refractivity contribution in [2.24, 2.45) is 0 Å². The second kappa shape index (κ2) is 7.45. The standard InChI is InChI=1S/C18H20FNOS/c1-13(2)22-17-11-7-5-9-15(17)18(21)20(3)12-14-8-4-6-10-16(14)19/h4-11,13H,12H2,1-3H3. The van der Waals surface area contributed by atoms with Crippen molar-refractivity contribution in [3.8, 4) is 0 Å². The number of hydrogen-bond acceptors (Lipinski definition) is 2. The van der Waals surface area contributed by atoms with Crippen LogP contribution in [0.15, 0.2) is 53.4 Å². The molecule has 0 heterocycles. The normalized spacial score (nSPS) is 10.8. The molecule has 0 bridgehead atoms. The highest BCUT2D eigenvalue weighted by Crippen LogP contribution is 2.27. The first-order valence-corrected chi connectivity index (χ1v) is 8.11. The second-order valence-electron chi connectivity index (χ2n) is 5.42. The van der Waals surface area contributed by atoms with E-state index in [0.29, 0.717) is 16.4 Å². The average Bonchev–Trinajstić information content (AvgIpc) is 2.49. The number of nitrogens with zero attached hydrogens (tertiary/aromatic N) is 1. The van der Waals surface area contributed by atoms with Gasteiger partial charge in [-0.1, -0.05) is 44.2 Å². The minimum atomic E-state index is -0.285. The van der Waals surface area contributed by atoms with Crippen molar-refractivity contribution in [1.29, 1.82) is 0 Å². The van der Waals surface area contributed by atoms with Crippen molar-refractivity contribution in [2.45, 2.75) is 30.5 Å². The molecule has 0 saturated carbocycles. The van der Waals surface area contributed by atoms with Gasteiger partial charge < -0.3 is 4.90 Å². The van der Waals surface area contributed by atoms with Crippen LogP contribution in [-0.4, -0.2) is 23.1 Å². The van der Waals surface area contributed by atoms with Gasteiger partial charge in [0.1, 0.15) is 5.82 Å². The molecule has 0 aliphatic heterocycles. The lowest BCUT2D eigenvalue weighted by Gasteiger charge is -2.20. The molecule has 0 saturated heterocycles. The lowest BCUT2D eigenvalue weighted by Crippen LogP contribution is -2.27. The summed E-state index contributed by atoms with van der Waals surface area (Å²) < 4.78 is 13.7. The second-order valence-corrected chi connectivity index (χ2v) is 7.03. The highest BCUT2D eigenvalue weighted by atomic mass is 32.2. The Kier molecular flexibility index (Phi) is 5.61. The van der Waals surface area contributed by atoms with E-state index in [4.69, 9.17) is 0 Å². The summed E-state index contributed by atoms with van der Waals surface area (Å²) in [6, 6.07) is 14.1. The largest absolute Gasteiger partial charge is 0.337 e. The van der Waals surface area contributed by atoms with Crippen molar-refractivity contribution in [2.75, 3.05) is 7.05 Å². The van der Waals surface area contributed by atoms with Gasteiger partial charge in [0.25, 0.3) is 5.91 Å². The number of amides is 1. The van der Waals surface area contributed by atoms with E-state index in [1.807, 2.05) is 24.3 Å². The van der Waals surface area contributed by atoms with Crippen LogP contribution in [0, 0.1) is 5.82 Å². The van der Waals surface area contributed by atoms with Crippen LogP contribution in [0.3, 0.4) is 0 Å². The van der Waals surface area contributed by atoms with Crippen LogP contribution in [0.25, 0.3) is 0 Å². The molecule has 2 aromatic rings. The van der Waals surface area contributed by atoms with E-state index in [1.54, 1.807) is 41.9 Å². The Balaban J connectivity index is 2.19. The number of halogens is 1. The zero-order valence-corrected chi connectivity index (χ0v) is 13.9. The van der Waals surface area contributed by atoms with Crippen LogP contribution >= 0.6 is 11.8 Å². The summed E-state index contributed by atoms with van der Waals surface area (Å²) in [7, 11) is 1.70. The van der Waals surface area contributed by atoms with Crippen molar-refractivity contribution < 1.29 is 9.18 Å². The summed E-state index contributed by atoms with van der Waals surface area (Å²) in [6.45, 7) is 4.44. The molecule has 0 unspecified atom stereocenters. The maximum Gasteiger partial charge on any atom is 0.255 e. The number of carbonyl (C=O) groups is 1. The Morgan fingerprint density at radius 1 is 1.14 bits per heavy atom. The molecule has 2 aromatic carbocycles. The molecule has 0 radical (unpaired) electrons.